The van der Waals surface area contributed by atoms with Crippen molar-refractivity contribution in [3.8, 4) is 0 Å². The first-order valence-electron chi connectivity index (χ1n) is 0.730. The van der Waals surface area contributed by atoms with Crippen LogP contribution in [0.25, 0.3) is 0 Å². The molecule has 0 aliphatic rings. The second kappa shape index (κ2) is 22.9. The van der Waals surface area contributed by atoms with Gasteiger partial charge in [-0.2, -0.15) is 0 Å². The summed E-state index contributed by atoms with van der Waals surface area (Å²) < 4.78 is 34.6. The average molecular weight is 621 g/mol. The normalized spacial score (nSPS) is 5.36. The Kier molecular flexibility index (Phi) is 103. The van der Waals surface area contributed by atoms with Gasteiger partial charge in [-0.3, -0.25) is 0 Å². The van der Waals surface area contributed by atoms with Gasteiger partial charge in [0, 0.05) is 0 Å². The van der Waals surface area contributed by atoms with Gasteiger partial charge in [-0.15, -0.1) is 0 Å². The molecule has 0 unspecified atom stereocenters. The zero-order valence-electron chi connectivity index (χ0n) is 6.21. The first kappa shape index (κ1) is 49.7. The summed E-state index contributed by atoms with van der Waals surface area (Å²) in [5.41, 5.74) is 0. The molecule has 0 heterocycles. The minimum atomic E-state index is -6.10. The molecule has 0 aromatic carbocycles. The Morgan fingerprint density at radius 3 is 0.727 bits per heavy atom. The molecule has 0 aliphatic carbocycles. The molecule has 11 heavy (non-hydrogen) atoms. The third kappa shape index (κ3) is 213. The molecule has 0 fully saturated rings. The van der Waals surface area contributed by atoms with Gasteiger partial charge in [-0.05, 0) is 0 Å². The summed E-state index contributed by atoms with van der Waals surface area (Å²) in [5, 5.41) is 0. The van der Waals surface area contributed by atoms with Gasteiger partial charge in [0.15, 0.2) is 0 Å². The third-order valence-electron chi connectivity index (χ3n) is 0. The van der Waals surface area contributed by atoms with Crippen molar-refractivity contribution in [2.24, 2.45) is 0 Å². The Labute approximate surface area is 122 Å². The van der Waals surface area contributed by atoms with Gasteiger partial charge in [-0.1, -0.05) is 0 Å². The number of rotatable bonds is 0. The van der Waals surface area contributed by atoms with Crippen molar-refractivity contribution < 1.29 is 85.1 Å². The van der Waals surface area contributed by atoms with E-state index in [0.29, 0.717) is 0 Å². The van der Waals surface area contributed by atoms with Gasteiger partial charge >= 0.3 is 33.2 Å². The summed E-state index contributed by atoms with van der Waals surface area (Å²) in [6.45, 7) is 0. The standard InChI is InChI=1S/3HI.3H3N.4O.Sb/h3*1H;3*1H3;;;;;/q;;;;;;;3*-1;. The van der Waals surface area contributed by atoms with E-state index in [2.05, 4.69) is 0 Å². The minimum absolute atomic E-state index is 0. The molecule has 7 nitrogen and oxygen atoms in total. The number of quaternary nitrogens is 3. The van der Waals surface area contributed by atoms with Crippen LogP contribution in [0.5, 0.6) is 0 Å². The Morgan fingerprint density at radius 1 is 0.727 bits per heavy atom. The van der Waals surface area contributed by atoms with Crippen LogP contribution in [-0.4, -0.2) is 20.1 Å². The molecule has 0 bridgehead atoms. The van der Waals surface area contributed by atoms with Crippen molar-refractivity contribution >= 4 is 20.1 Å². The van der Waals surface area contributed by atoms with E-state index in [-0.39, 0.29) is 90.4 Å². The molecule has 0 radical (unpaired) electrons. The predicted molar refractivity (Wildman–Crippen MR) is 24.4 cm³/mol. The maximum absolute atomic E-state index is 8.64. The van der Waals surface area contributed by atoms with Crippen molar-refractivity contribution in [2.75, 3.05) is 0 Å². The average Bonchev–Trinajstić information content (AvgIpc) is 0.722. The van der Waals surface area contributed by atoms with E-state index in [9.17, 15) is 0 Å². The van der Waals surface area contributed by atoms with Gasteiger partial charge in [0.1, 0.15) is 0 Å². The molecule has 0 spiro atoms. The van der Waals surface area contributed by atoms with Crippen molar-refractivity contribution in [3.05, 3.63) is 0 Å². The fourth-order valence-corrected chi connectivity index (χ4v) is 0. The van der Waals surface area contributed by atoms with Gasteiger partial charge in [0.05, 0.1) is 0 Å². The number of halogens is 3. The quantitative estimate of drug-likeness (QED) is 0.179. The van der Waals surface area contributed by atoms with E-state index in [1.54, 1.807) is 0 Å². The molecular weight excluding hydrogens is 608 g/mol. The molecule has 0 aromatic rings. The summed E-state index contributed by atoms with van der Waals surface area (Å²) in [6.07, 6.45) is 0. The van der Waals surface area contributed by atoms with E-state index in [1.807, 2.05) is 0 Å². The first-order valence-corrected chi connectivity index (χ1v) is 4.90. The topological polar surface area (TPSA) is 196 Å². The van der Waals surface area contributed by atoms with Crippen molar-refractivity contribution in [1.82, 2.24) is 18.5 Å². The molecule has 0 atom stereocenters. The molecule has 0 aliphatic heterocycles. The Morgan fingerprint density at radius 2 is 0.727 bits per heavy atom. The van der Waals surface area contributed by atoms with Gasteiger partial charge in [0.25, 0.3) is 0 Å². The third-order valence-corrected chi connectivity index (χ3v) is 0. The van der Waals surface area contributed by atoms with Crippen LogP contribution in [0.2, 0.25) is 0 Å². The molecule has 0 amide bonds. The molecular formula is H12I3N3O4Sb-3. The Hall–Kier alpha value is 2.57. The van der Waals surface area contributed by atoms with E-state index in [4.69, 9.17) is 13.2 Å². The summed E-state index contributed by atoms with van der Waals surface area (Å²) >= 11 is -6.10. The second-order valence-corrected chi connectivity index (χ2v) is 3.00. The van der Waals surface area contributed by atoms with Crippen molar-refractivity contribution in [1.29, 1.82) is 0 Å². The van der Waals surface area contributed by atoms with Crippen LogP contribution in [0.3, 0.4) is 0 Å². The summed E-state index contributed by atoms with van der Waals surface area (Å²) in [4.78, 5) is 0. The predicted octanol–water partition coefficient (Wildman–Crippen LogP) is -11.9. The van der Waals surface area contributed by atoms with Crippen molar-refractivity contribution in [3.63, 3.8) is 0 Å². The van der Waals surface area contributed by atoms with E-state index in [0.717, 1.165) is 0 Å². The Balaban J connectivity index is -0.00000000533. The van der Waals surface area contributed by atoms with Gasteiger partial charge < -0.3 is 90.4 Å². The molecule has 0 saturated heterocycles. The van der Waals surface area contributed by atoms with Crippen LogP contribution in [-0.2, 0) is 3.02 Å². The van der Waals surface area contributed by atoms with E-state index < -0.39 is 20.1 Å². The maximum atomic E-state index is 8.64. The Bertz CT molecular complexity index is 66.7. The zero-order valence-corrected chi connectivity index (χ0v) is 15.2. The summed E-state index contributed by atoms with van der Waals surface area (Å²) in [6, 6.07) is 0. The van der Waals surface area contributed by atoms with Crippen molar-refractivity contribution in [2.45, 2.75) is 0 Å². The monoisotopic (exact) mass is 620 g/mol. The molecule has 0 aromatic heterocycles. The van der Waals surface area contributed by atoms with E-state index >= 15 is 0 Å². The summed E-state index contributed by atoms with van der Waals surface area (Å²) in [5.74, 6) is 0. The van der Waals surface area contributed by atoms with E-state index in [1.165, 1.54) is 0 Å². The fourth-order valence-electron chi connectivity index (χ4n) is 0. The first-order chi connectivity index (χ1) is 2.00. The van der Waals surface area contributed by atoms with Crippen LogP contribution >= 0.6 is 0 Å². The second-order valence-electron chi connectivity index (χ2n) is 0.447. The molecule has 12 N–H and O–H groups in total. The number of hydrogen-bond acceptors (Lipinski definition) is 4. The molecule has 11 heteroatoms. The molecule has 80 valence electrons. The SMILES string of the molecule is [I-].[I-].[I-].[NH4+].[NH4+].[NH4+].[O]=[Sb]([O-])([O-])[O-]. The van der Waals surface area contributed by atoms with Gasteiger partial charge in [0.2, 0.25) is 0 Å². The summed E-state index contributed by atoms with van der Waals surface area (Å²) in [7, 11) is 0. The van der Waals surface area contributed by atoms with Gasteiger partial charge in [-0.25, -0.2) is 0 Å². The van der Waals surface area contributed by atoms with Crippen LogP contribution < -0.4 is 101 Å². The van der Waals surface area contributed by atoms with Crippen LogP contribution in [0.15, 0.2) is 0 Å². The van der Waals surface area contributed by atoms with Crippen LogP contribution in [0.1, 0.15) is 0 Å². The molecule has 0 rings (SSSR count). The van der Waals surface area contributed by atoms with Crippen LogP contribution in [0.4, 0.5) is 0 Å². The number of hydrogen-bond donors (Lipinski definition) is 3. The van der Waals surface area contributed by atoms with Crippen LogP contribution in [0, 0.1) is 0 Å². The fraction of sp³-hybridized carbons (Fsp3) is 0. The zero-order chi connectivity index (χ0) is 4.50. The molecule has 0 saturated carbocycles.